The fraction of sp³-hybridized carbons (Fsp3) is 0.389. The van der Waals surface area contributed by atoms with Crippen molar-refractivity contribution < 1.29 is 21.6 Å². The first-order valence-corrected chi connectivity index (χ1v) is 10.0. The number of hydrogen-bond acceptors (Lipinski definition) is 4. The Labute approximate surface area is 168 Å². The smallest absolute Gasteiger partial charge is 0.313 e. The molecular formula is C18H21ClF3N3O2S. The fourth-order valence-corrected chi connectivity index (χ4v) is 4.63. The molecule has 1 aromatic carbocycles. The number of alkyl halides is 3. The average Bonchev–Trinajstić information content (AvgIpc) is 2.67. The first-order valence-electron chi connectivity index (χ1n) is 8.58. The topological polar surface area (TPSA) is 62.3 Å². The van der Waals surface area contributed by atoms with Gasteiger partial charge in [0.15, 0.2) is 0 Å². The number of nitrogens with zero attached hydrogens (tertiary/aromatic N) is 2. The highest BCUT2D eigenvalue weighted by Crippen LogP contribution is 2.31. The van der Waals surface area contributed by atoms with Gasteiger partial charge in [-0.15, -0.1) is 12.4 Å². The standard InChI is InChI=1S/C18H20F3N3O2S.ClH/c1-2-13-3-5-14(6-4-13)16-12-22-9-10-24(16)27(25,26)15-7-8-17(23-11-15)18(19,20)21;/h3-8,11,16,22H,2,9-10,12H2,1H3;1H. The third-order valence-electron chi connectivity index (χ3n) is 4.60. The van der Waals surface area contributed by atoms with Gasteiger partial charge in [0.1, 0.15) is 10.6 Å². The highest BCUT2D eigenvalue weighted by Gasteiger charge is 2.36. The van der Waals surface area contributed by atoms with Crippen LogP contribution < -0.4 is 5.32 Å². The molecule has 0 spiro atoms. The van der Waals surface area contributed by atoms with Crippen LogP contribution in [0.5, 0.6) is 0 Å². The number of aryl methyl sites for hydroxylation is 1. The van der Waals surface area contributed by atoms with Gasteiger partial charge in [-0.1, -0.05) is 31.2 Å². The first kappa shape index (κ1) is 22.6. The van der Waals surface area contributed by atoms with Crippen LogP contribution in [-0.2, 0) is 22.6 Å². The Balaban J connectivity index is 0.00000280. The third-order valence-corrected chi connectivity index (χ3v) is 6.49. The summed E-state index contributed by atoms with van der Waals surface area (Å²) >= 11 is 0. The van der Waals surface area contributed by atoms with E-state index in [9.17, 15) is 21.6 Å². The van der Waals surface area contributed by atoms with E-state index in [4.69, 9.17) is 0 Å². The molecule has 1 aliphatic heterocycles. The molecule has 154 valence electrons. The number of pyridine rings is 1. The van der Waals surface area contributed by atoms with Gasteiger partial charge in [0.2, 0.25) is 10.0 Å². The van der Waals surface area contributed by atoms with Crippen LogP contribution >= 0.6 is 12.4 Å². The molecule has 1 fully saturated rings. The summed E-state index contributed by atoms with van der Waals surface area (Å²) in [6, 6.07) is 8.92. The molecule has 1 unspecified atom stereocenters. The van der Waals surface area contributed by atoms with E-state index in [1.54, 1.807) is 0 Å². The van der Waals surface area contributed by atoms with Gasteiger partial charge >= 0.3 is 6.18 Å². The number of sulfonamides is 1. The van der Waals surface area contributed by atoms with Crippen LogP contribution in [0.4, 0.5) is 13.2 Å². The molecule has 28 heavy (non-hydrogen) atoms. The van der Waals surface area contributed by atoms with Crippen molar-refractivity contribution in [2.75, 3.05) is 19.6 Å². The minimum absolute atomic E-state index is 0. The van der Waals surface area contributed by atoms with Gasteiger partial charge in [-0.05, 0) is 29.7 Å². The molecule has 0 saturated carbocycles. The van der Waals surface area contributed by atoms with E-state index in [-0.39, 0.29) is 23.8 Å². The molecule has 10 heteroatoms. The Morgan fingerprint density at radius 2 is 1.86 bits per heavy atom. The Morgan fingerprint density at radius 3 is 2.39 bits per heavy atom. The summed E-state index contributed by atoms with van der Waals surface area (Å²) < 4.78 is 65.4. The summed E-state index contributed by atoms with van der Waals surface area (Å²) in [4.78, 5) is 3.04. The zero-order chi connectivity index (χ0) is 19.7. The van der Waals surface area contributed by atoms with Gasteiger partial charge < -0.3 is 5.32 Å². The molecular weight excluding hydrogens is 415 g/mol. The predicted octanol–water partition coefficient (Wildman–Crippen LogP) is 3.42. The normalized spacial score (nSPS) is 18.5. The molecule has 1 saturated heterocycles. The number of rotatable bonds is 4. The third kappa shape index (κ3) is 4.65. The van der Waals surface area contributed by atoms with E-state index < -0.39 is 27.9 Å². The SMILES string of the molecule is CCc1ccc(C2CNCCN2S(=O)(=O)c2ccc(C(F)(F)F)nc2)cc1.Cl. The van der Waals surface area contributed by atoms with E-state index in [1.807, 2.05) is 31.2 Å². The van der Waals surface area contributed by atoms with E-state index >= 15 is 0 Å². The molecule has 1 N–H and O–H groups in total. The maximum absolute atomic E-state index is 13.0. The molecule has 0 radical (unpaired) electrons. The summed E-state index contributed by atoms with van der Waals surface area (Å²) in [6.45, 7) is 3.16. The largest absolute Gasteiger partial charge is 0.433 e. The number of halogens is 4. The molecule has 1 aromatic heterocycles. The molecule has 5 nitrogen and oxygen atoms in total. The molecule has 0 bridgehead atoms. The maximum atomic E-state index is 13.0. The van der Waals surface area contributed by atoms with Crippen LogP contribution in [0.3, 0.4) is 0 Å². The van der Waals surface area contributed by atoms with Gasteiger partial charge in [0.05, 0.1) is 6.04 Å². The molecule has 1 aliphatic rings. The molecule has 0 amide bonds. The van der Waals surface area contributed by atoms with Crippen molar-refractivity contribution in [1.29, 1.82) is 0 Å². The molecule has 2 aromatic rings. The van der Waals surface area contributed by atoms with Crippen LogP contribution in [-0.4, -0.2) is 37.3 Å². The van der Waals surface area contributed by atoms with Gasteiger partial charge in [-0.2, -0.15) is 17.5 Å². The number of nitrogens with one attached hydrogen (secondary N) is 1. The number of aromatic nitrogens is 1. The number of piperazine rings is 1. The summed E-state index contributed by atoms with van der Waals surface area (Å²) in [7, 11) is -3.97. The van der Waals surface area contributed by atoms with Crippen LogP contribution in [0.1, 0.15) is 29.8 Å². The van der Waals surface area contributed by atoms with Crippen molar-refractivity contribution in [1.82, 2.24) is 14.6 Å². The summed E-state index contributed by atoms with van der Waals surface area (Å²) in [5.74, 6) is 0. The van der Waals surface area contributed by atoms with Gasteiger partial charge in [-0.3, -0.25) is 4.98 Å². The lowest BCUT2D eigenvalue weighted by molar-refractivity contribution is -0.141. The Hall–Kier alpha value is -1.68. The zero-order valence-electron chi connectivity index (χ0n) is 15.1. The molecule has 0 aliphatic carbocycles. The maximum Gasteiger partial charge on any atom is 0.433 e. The van der Waals surface area contributed by atoms with Crippen molar-refractivity contribution in [3.05, 3.63) is 59.4 Å². The van der Waals surface area contributed by atoms with E-state index in [0.29, 0.717) is 19.2 Å². The fourth-order valence-electron chi connectivity index (χ4n) is 3.07. The first-order chi connectivity index (χ1) is 12.7. The number of hydrogen-bond donors (Lipinski definition) is 1. The van der Waals surface area contributed by atoms with Crippen LogP contribution in [0.25, 0.3) is 0 Å². The summed E-state index contributed by atoms with van der Waals surface area (Å²) in [6.07, 6.45) is -2.96. The minimum atomic E-state index is -4.61. The Bertz CT molecular complexity index is 888. The van der Waals surface area contributed by atoms with Gasteiger partial charge in [0.25, 0.3) is 0 Å². The van der Waals surface area contributed by atoms with Crippen LogP contribution in [0, 0.1) is 0 Å². The second-order valence-corrected chi connectivity index (χ2v) is 8.20. The van der Waals surface area contributed by atoms with Crippen LogP contribution in [0.2, 0.25) is 0 Å². The molecule has 1 atom stereocenters. The highest BCUT2D eigenvalue weighted by molar-refractivity contribution is 7.89. The lowest BCUT2D eigenvalue weighted by Gasteiger charge is -2.35. The summed E-state index contributed by atoms with van der Waals surface area (Å²) in [5.41, 5.74) is 0.861. The van der Waals surface area contributed by atoms with Crippen molar-refractivity contribution in [2.24, 2.45) is 0 Å². The van der Waals surface area contributed by atoms with E-state index in [1.165, 1.54) is 4.31 Å². The lowest BCUT2D eigenvalue weighted by atomic mass is 10.0. The second kappa shape index (κ2) is 8.77. The Kier molecular flexibility index (Phi) is 7.08. The van der Waals surface area contributed by atoms with Crippen molar-refractivity contribution >= 4 is 22.4 Å². The average molecular weight is 436 g/mol. The molecule has 3 rings (SSSR count). The second-order valence-electron chi connectivity index (χ2n) is 6.31. The van der Waals surface area contributed by atoms with Gasteiger partial charge in [-0.25, -0.2) is 8.42 Å². The minimum Gasteiger partial charge on any atom is -0.313 e. The summed E-state index contributed by atoms with van der Waals surface area (Å²) in [5, 5.41) is 3.17. The Morgan fingerprint density at radius 1 is 1.18 bits per heavy atom. The van der Waals surface area contributed by atoms with Crippen LogP contribution in [0.15, 0.2) is 47.5 Å². The van der Waals surface area contributed by atoms with E-state index in [2.05, 4.69) is 10.3 Å². The molecule has 2 heterocycles. The quantitative estimate of drug-likeness (QED) is 0.799. The van der Waals surface area contributed by atoms with Crippen molar-refractivity contribution in [3.8, 4) is 0 Å². The van der Waals surface area contributed by atoms with Gasteiger partial charge in [0, 0.05) is 25.8 Å². The monoisotopic (exact) mass is 435 g/mol. The highest BCUT2D eigenvalue weighted by atomic mass is 35.5. The lowest BCUT2D eigenvalue weighted by Crippen LogP contribution is -2.48. The zero-order valence-corrected chi connectivity index (χ0v) is 16.7. The predicted molar refractivity (Wildman–Crippen MR) is 102 cm³/mol. The van der Waals surface area contributed by atoms with E-state index in [0.717, 1.165) is 29.8 Å². The van der Waals surface area contributed by atoms with Crippen molar-refractivity contribution in [3.63, 3.8) is 0 Å². The number of benzene rings is 1. The van der Waals surface area contributed by atoms with Crippen molar-refractivity contribution in [2.45, 2.75) is 30.5 Å².